The average molecular weight is 342 g/mol. The molecule has 0 radical (unpaired) electrons. The summed E-state index contributed by atoms with van der Waals surface area (Å²) in [5.74, 6) is 0.427. The lowest BCUT2D eigenvalue weighted by molar-refractivity contribution is 0.362. The van der Waals surface area contributed by atoms with Gasteiger partial charge in [-0.1, -0.05) is 47.1 Å². The zero-order valence-corrected chi connectivity index (χ0v) is 13.2. The van der Waals surface area contributed by atoms with E-state index in [2.05, 4.69) is 10.1 Å². The van der Waals surface area contributed by atoms with Gasteiger partial charge < -0.3 is 8.94 Å². The Hall–Kier alpha value is -2.86. The Morgan fingerprint density at radius 2 is 1.96 bits per heavy atom. The summed E-state index contributed by atoms with van der Waals surface area (Å²) in [7, 11) is 0. The van der Waals surface area contributed by atoms with Crippen molar-refractivity contribution in [3.8, 4) is 0 Å². The lowest BCUT2D eigenvalue weighted by Gasteiger charge is -1.97. The summed E-state index contributed by atoms with van der Waals surface area (Å²) in [6.45, 7) is 0.148. The molecule has 2 aromatic heterocycles. The van der Waals surface area contributed by atoms with Gasteiger partial charge in [0.25, 0.3) is 0 Å². The van der Waals surface area contributed by atoms with Gasteiger partial charge in [0.05, 0.1) is 5.52 Å². The molecule has 0 saturated heterocycles. The number of benzene rings is 2. The van der Waals surface area contributed by atoms with Gasteiger partial charge in [-0.25, -0.2) is 4.79 Å². The third-order valence-corrected chi connectivity index (χ3v) is 3.87. The maximum atomic E-state index is 12.0. The number of aromatic nitrogens is 3. The highest BCUT2D eigenvalue weighted by atomic mass is 35.5. The van der Waals surface area contributed by atoms with Gasteiger partial charge in [0, 0.05) is 17.5 Å². The van der Waals surface area contributed by atoms with Gasteiger partial charge in [-0.15, -0.1) is 0 Å². The summed E-state index contributed by atoms with van der Waals surface area (Å²) < 4.78 is 11.9. The van der Waals surface area contributed by atoms with Crippen molar-refractivity contribution in [1.82, 2.24) is 14.7 Å². The molecule has 0 aliphatic rings. The maximum absolute atomic E-state index is 12.0. The molecule has 120 valence electrons. The Balaban J connectivity index is 1.60. The summed E-state index contributed by atoms with van der Waals surface area (Å²) in [5.41, 5.74) is 2.15. The normalized spacial score (nSPS) is 11.2. The molecule has 0 amide bonds. The lowest BCUT2D eigenvalue weighted by Crippen LogP contribution is -2.15. The Bertz CT molecular complexity index is 1050. The molecule has 0 saturated carbocycles. The lowest BCUT2D eigenvalue weighted by atomic mass is 10.1. The van der Waals surface area contributed by atoms with Crippen LogP contribution in [0.15, 0.2) is 62.3 Å². The topological polar surface area (TPSA) is 74.1 Å². The number of halogens is 1. The highest BCUT2D eigenvalue weighted by Crippen LogP contribution is 2.19. The van der Waals surface area contributed by atoms with Crippen LogP contribution in [-0.2, 0) is 13.0 Å². The minimum Gasteiger partial charge on any atom is -0.408 e. The van der Waals surface area contributed by atoms with Crippen LogP contribution < -0.4 is 5.76 Å². The molecule has 0 N–H and O–H groups in total. The Labute approximate surface area is 141 Å². The van der Waals surface area contributed by atoms with Gasteiger partial charge in [-0.3, -0.25) is 4.57 Å². The van der Waals surface area contributed by atoms with E-state index in [1.165, 1.54) is 4.57 Å². The fourth-order valence-electron chi connectivity index (χ4n) is 2.53. The second-order valence-corrected chi connectivity index (χ2v) is 5.77. The summed E-state index contributed by atoms with van der Waals surface area (Å²) in [5, 5.41) is 4.47. The number of nitrogens with zero attached hydrogens (tertiary/aromatic N) is 3. The van der Waals surface area contributed by atoms with Crippen molar-refractivity contribution in [3.05, 3.63) is 81.4 Å². The van der Waals surface area contributed by atoms with E-state index < -0.39 is 5.76 Å². The smallest absolute Gasteiger partial charge is 0.408 e. The van der Waals surface area contributed by atoms with Crippen LogP contribution in [0, 0.1) is 0 Å². The highest BCUT2D eigenvalue weighted by Gasteiger charge is 2.14. The number of hydrogen-bond donors (Lipinski definition) is 0. The van der Waals surface area contributed by atoms with E-state index in [0.717, 1.165) is 5.56 Å². The first-order valence-electron chi connectivity index (χ1n) is 7.33. The first kappa shape index (κ1) is 14.7. The van der Waals surface area contributed by atoms with Crippen LogP contribution >= 0.6 is 11.6 Å². The van der Waals surface area contributed by atoms with Crippen LogP contribution in [0.5, 0.6) is 0 Å². The highest BCUT2D eigenvalue weighted by molar-refractivity contribution is 6.31. The molecule has 0 fully saturated rings. The number of oxazole rings is 1. The summed E-state index contributed by atoms with van der Waals surface area (Å²) >= 11 is 5.91. The van der Waals surface area contributed by atoms with Gasteiger partial charge in [-0.05, 0) is 17.7 Å². The van der Waals surface area contributed by atoms with Gasteiger partial charge in [0.2, 0.25) is 5.89 Å². The predicted octanol–water partition coefficient (Wildman–Crippen LogP) is 3.27. The van der Waals surface area contributed by atoms with Gasteiger partial charge in [0.1, 0.15) is 6.54 Å². The number of hydrogen-bond acceptors (Lipinski definition) is 5. The molecule has 6 nitrogen and oxygen atoms in total. The molecule has 4 rings (SSSR count). The van der Waals surface area contributed by atoms with Crippen LogP contribution in [0.4, 0.5) is 0 Å². The fraction of sp³-hybridized carbons (Fsp3) is 0.118. The van der Waals surface area contributed by atoms with E-state index in [-0.39, 0.29) is 6.54 Å². The predicted molar refractivity (Wildman–Crippen MR) is 88.1 cm³/mol. The van der Waals surface area contributed by atoms with Crippen LogP contribution in [0.2, 0.25) is 5.02 Å². The van der Waals surface area contributed by atoms with Crippen molar-refractivity contribution in [1.29, 1.82) is 0 Å². The quantitative estimate of drug-likeness (QED) is 0.569. The van der Waals surface area contributed by atoms with Crippen molar-refractivity contribution >= 4 is 22.7 Å². The Morgan fingerprint density at radius 3 is 2.79 bits per heavy atom. The van der Waals surface area contributed by atoms with E-state index in [1.807, 2.05) is 30.3 Å². The average Bonchev–Trinajstić information content (AvgIpc) is 3.13. The molecule has 0 atom stereocenters. The summed E-state index contributed by atoms with van der Waals surface area (Å²) in [6.07, 6.45) is 0.570. The van der Waals surface area contributed by atoms with Gasteiger partial charge >= 0.3 is 5.76 Å². The number of rotatable bonds is 4. The molecule has 2 heterocycles. The minimum absolute atomic E-state index is 0.148. The van der Waals surface area contributed by atoms with E-state index >= 15 is 0 Å². The number of fused-ring (bicyclic) bond motifs is 1. The standard InChI is InChI=1S/C17H12ClN3O3/c18-12-6-7-13-14(9-12)23-17(22)21(13)10-16-19-15(20-24-16)8-11-4-2-1-3-5-11/h1-7,9H,8,10H2. The van der Waals surface area contributed by atoms with Crippen LogP contribution in [0.1, 0.15) is 17.3 Å². The van der Waals surface area contributed by atoms with Crippen molar-refractivity contribution in [3.63, 3.8) is 0 Å². The second-order valence-electron chi connectivity index (χ2n) is 5.33. The zero-order valence-electron chi connectivity index (χ0n) is 12.5. The van der Waals surface area contributed by atoms with Crippen molar-refractivity contribution in [2.45, 2.75) is 13.0 Å². The largest absolute Gasteiger partial charge is 0.420 e. The van der Waals surface area contributed by atoms with E-state index in [1.54, 1.807) is 18.2 Å². The minimum atomic E-state index is -0.491. The van der Waals surface area contributed by atoms with Crippen LogP contribution in [-0.4, -0.2) is 14.7 Å². The Kier molecular flexibility index (Phi) is 3.66. The molecule has 4 aromatic rings. The van der Waals surface area contributed by atoms with Crippen molar-refractivity contribution < 1.29 is 8.94 Å². The van der Waals surface area contributed by atoms with Crippen LogP contribution in [0.25, 0.3) is 11.1 Å². The molecule has 0 bridgehead atoms. The van der Waals surface area contributed by atoms with E-state index in [9.17, 15) is 4.79 Å². The molecule has 2 aromatic carbocycles. The molecule has 7 heteroatoms. The first-order chi connectivity index (χ1) is 11.7. The Morgan fingerprint density at radius 1 is 1.12 bits per heavy atom. The molecular formula is C17H12ClN3O3. The van der Waals surface area contributed by atoms with Gasteiger partial charge in [-0.2, -0.15) is 4.98 Å². The molecular weight excluding hydrogens is 330 g/mol. The zero-order chi connectivity index (χ0) is 16.5. The third-order valence-electron chi connectivity index (χ3n) is 3.64. The monoisotopic (exact) mass is 341 g/mol. The third kappa shape index (κ3) is 2.83. The van der Waals surface area contributed by atoms with Crippen molar-refractivity contribution in [2.75, 3.05) is 0 Å². The molecule has 0 unspecified atom stereocenters. The molecule has 0 spiro atoms. The first-order valence-corrected chi connectivity index (χ1v) is 7.71. The summed E-state index contributed by atoms with van der Waals surface area (Å²) in [4.78, 5) is 16.4. The van der Waals surface area contributed by atoms with E-state index in [0.29, 0.717) is 34.3 Å². The fourth-order valence-corrected chi connectivity index (χ4v) is 2.69. The molecule has 24 heavy (non-hydrogen) atoms. The van der Waals surface area contributed by atoms with Crippen molar-refractivity contribution in [2.24, 2.45) is 0 Å². The molecule has 0 aliphatic heterocycles. The second kappa shape index (κ2) is 5.98. The molecule has 0 aliphatic carbocycles. The SMILES string of the molecule is O=c1oc2cc(Cl)ccc2n1Cc1nc(Cc2ccccc2)no1. The van der Waals surface area contributed by atoms with Crippen LogP contribution in [0.3, 0.4) is 0 Å². The van der Waals surface area contributed by atoms with Gasteiger partial charge in [0.15, 0.2) is 11.4 Å². The van der Waals surface area contributed by atoms with E-state index in [4.69, 9.17) is 20.5 Å². The summed E-state index contributed by atoms with van der Waals surface area (Å²) in [6, 6.07) is 14.9. The maximum Gasteiger partial charge on any atom is 0.420 e.